The average Bonchev–Trinajstić information content (AvgIpc) is 3.34. The van der Waals surface area contributed by atoms with E-state index < -0.39 is 0 Å². The molecule has 31 heavy (non-hydrogen) atoms. The Labute approximate surface area is 179 Å². The van der Waals surface area contributed by atoms with Crippen molar-refractivity contribution in [1.29, 1.82) is 0 Å². The van der Waals surface area contributed by atoms with E-state index in [0.717, 1.165) is 22.5 Å². The smallest absolute Gasteiger partial charge is 0.272 e. The van der Waals surface area contributed by atoms with Gasteiger partial charge in [-0.2, -0.15) is 5.10 Å². The molecule has 0 unspecified atom stereocenters. The molecule has 4 aromatic rings. The molecule has 8 heteroatoms. The minimum atomic E-state index is -0.346. The monoisotopic (exact) mass is 416 g/mol. The lowest BCUT2D eigenvalue weighted by Crippen LogP contribution is -2.25. The summed E-state index contributed by atoms with van der Waals surface area (Å²) in [6, 6.07) is 18.7. The number of aryl methyl sites for hydroxylation is 1. The maximum atomic E-state index is 12.8. The van der Waals surface area contributed by atoms with Crippen LogP contribution in [0, 0.1) is 5.92 Å². The number of hydrogen-bond acceptors (Lipinski definition) is 4. The normalized spacial score (nSPS) is 11.1. The molecule has 8 nitrogen and oxygen atoms in total. The molecule has 0 saturated heterocycles. The van der Waals surface area contributed by atoms with Gasteiger partial charge in [-0.1, -0.05) is 44.2 Å². The average molecular weight is 416 g/mol. The fourth-order valence-electron chi connectivity index (χ4n) is 3.22. The quantitative estimate of drug-likeness (QED) is 0.504. The lowest BCUT2D eigenvalue weighted by atomic mass is 10.2. The third-order valence-corrected chi connectivity index (χ3v) is 5.01. The molecule has 0 saturated carbocycles. The summed E-state index contributed by atoms with van der Waals surface area (Å²) in [6.45, 7) is 3.88. The first-order valence-corrected chi connectivity index (χ1v) is 10.1. The molecular weight excluding hydrogens is 392 g/mol. The van der Waals surface area contributed by atoms with Gasteiger partial charge in [-0.05, 0) is 24.3 Å². The van der Waals surface area contributed by atoms with Gasteiger partial charge in [0.1, 0.15) is 11.6 Å². The Morgan fingerprint density at radius 1 is 1.03 bits per heavy atom. The van der Waals surface area contributed by atoms with Crippen LogP contribution >= 0.6 is 0 Å². The van der Waals surface area contributed by atoms with Gasteiger partial charge in [0, 0.05) is 19.0 Å². The van der Waals surface area contributed by atoms with Crippen molar-refractivity contribution in [2.45, 2.75) is 20.4 Å². The fraction of sp³-hybridized carbons (Fsp3) is 0.217. The lowest BCUT2D eigenvalue weighted by Gasteiger charge is -2.10. The Hall–Kier alpha value is -3.94. The molecule has 0 aliphatic rings. The first-order valence-electron chi connectivity index (χ1n) is 10.1. The minimum Gasteiger partial charge on any atom is -0.343 e. The number of rotatable bonds is 6. The maximum absolute atomic E-state index is 12.8. The van der Waals surface area contributed by atoms with Gasteiger partial charge in [0.15, 0.2) is 5.69 Å². The first-order chi connectivity index (χ1) is 14.9. The number of nitrogens with zero attached hydrogens (tertiary/aromatic N) is 4. The zero-order valence-corrected chi connectivity index (χ0v) is 17.7. The highest BCUT2D eigenvalue weighted by atomic mass is 16.2. The summed E-state index contributed by atoms with van der Waals surface area (Å²) in [6.07, 6.45) is 0. The van der Waals surface area contributed by atoms with Gasteiger partial charge in [0.25, 0.3) is 5.91 Å². The van der Waals surface area contributed by atoms with Crippen LogP contribution in [0.15, 0.2) is 60.7 Å². The van der Waals surface area contributed by atoms with Crippen LogP contribution in [0.25, 0.3) is 16.7 Å². The summed E-state index contributed by atoms with van der Waals surface area (Å²) in [7, 11) is 1.92. The van der Waals surface area contributed by atoms with E-state index in [1.54, 1.807) is 10.7 Å². The lowest BCUT2D eigenvalue weighted by molar-refractivity contribution is -0.118. The Bertz CT molecular complexity index is 1240. The van der Waals surface area contributed by atoms with Gasteiger partial charge >= 0.3 is 0 Å². The highest BCUT2D eigenvalue weighted by Gasteiger charge is 2.19. The molecule has 2 amide bonds. The highest BCUT2D eigenvalue weighted by Crippen LogP contribution is 2.19. The van der Waals surface area contributed by atoms with Crippen molar-refractivity contribution in [3.05, 3.63) is 72.2 Å². The SMILES string of the molecule is CC(C)C(=O)Nc1cc(C(=O)NCc2nc3ccccc3n2C)nn1-c1ccccc1. The van der Waals surface area contributed by atoms with Crippen molar-refractivity contribution in [2.24, 2.45) is 13.0 Å². The van der Waals surface area contributed by atoms with E-state index in [0.29, 0.717) is 5.82 Å². The number of hydrogen-bond donors (Lipinski definition) is 2. The van der Waals surface area contributed by atoms with E-state index >= 15 is 0 Å². The summed E-state index contributed by atoms with van der Waals surface area (Å²) in [5.41, 5.74) is 2.83. The Kier molecular flexibility index (Phi) is 5.53. The predicted molar refractivity (Wildman–Crippen MR) is 119 cm³/mol. The number of imidazole rings is 1. The topological polar surface area (TPSA) is 93.8 Å². The first kappa shape index (κ1) is 20.3. The number of carbonyl (C=O) groups is 2. The number of benzene rings is 2. The second-order valence-electron chi connectivity index (χ2n) is 7.56. The Morgan fingerprint density at radius 2 is 1.74 bits per heavy atom. The van der Waals surface area contributed by atoms with Crippen LogP contribution < -0.4 is 10.6 Å². The predicted octanol–water partition coefficient (Wildman–Crippen LogP) is 3.28. The number of aromatic nitrogens is 4. The molecule has 2 N–H and O–H groups in total. The number of fused-ring (bicyclic) bond motifs is 1. The zero-order valence-electron chi connectivity index (χ0n) is 17.7. The summed E-state index contributed by atoms with van der Waals surface area (Å²) in [4.78, 5) is 29.6. The van der Waals surface area contributed by atoms with Gasteiger partial charge in [0.05, 0.1) is 23.3 Å². The Morgan fingerprint density at radius 3 is 2.45 bits per heavy atom. The van der Waals surface area contributed by atoms with Crippen molar-refractivity contribution in [3.63, 3.8) is 0 Å². The minimum absolute atomic E-state index is 0.149. The summed E-state index contributed by atoms with van der Waals surface area (Å²) < 4.78 is 3.51. The van der Waals surface area contributed by atoms with Crippen LogP contribution in [0.5, 0.6) is 0 Å². The van der Waals surface area contributed by atoms with E-state index in [9.17, 15) is 9.59 Å². The summed E-state index contributed by atoms with van der Waals surface area (Å²) in [5, 5.41) is 10.2. The second-order valence-corrected chi connectivity index (χ2v) is 7.56. The molecule has 2 heterocycles. The van der Waals surface area contributed by atoms with Crippen molar-refractivity contribution in [3.8, 4) is 5.69 Å². The van der Waals surface area contributed by atoms with Crippen molar-refractivity contribution < 1.29 is 9.59 Å². The molecule has 0 spiro atoms. The van der Waals surface area contributed by atoms with Crippen LogP contribution in [0.4, 0.5) is 5.82 Å². The number of para-hydroxylation sites is 3. The number of carbonyl (C=O) groups excluding carboxylic acids is 2. The van der Waals surface area contributed by atoms with E-state index in [1.165, 1.54) is 0 Å². The van der Waals surface area contributed by atoms with E-state index in [1.807, 2.05) is 80.1 Å². The van der Waals surface area contributed by atoms with E-state index in [2.05, 4.69) is 20.7 Å². The van der Waals surface area contributed by atoms with Crippen LogP contribution in [0.2, 0.25) is 0 Å². The maximum Gasteiger partial charge on any atom is 0.272 e. The zero-order chi connectivity index (χ0) is 22.0. The van der Waals surface area contributed by atoms with E-state index in [4.69, 9.17) is 0 Å². The number of anilines is 1. The molecule has 0 fully saturated rings. The Balaban J connectivity index is 1.58. The van der Waals surface area contributed by atoms with E-state index in [-0.39, 0.29) is 30.0 Å². The van der Waals surface area contributed by atoms with Gasteiger partial charge in [0.2, 0.25) is 5.91 Å². The molecule has 0 aliphatic carbocycles. The molecule has 4 rings (SSSR count). The van der Waals surface area contributed by atoms with Crippen LogP contribution in [-0.2, 0) is 18.4 Å². The molecular formula is C23H24N6O2. The standard InChI is InChI=1S/C23H24N6O2/c1-15(2)22(30)26-20-13-18(27-29(20)16-9-5-4-6-10-16)23(31)24-14-21-25-17-11-7-8-12-19(17)28(21)3/h4-13,15H,14H2,1-3H3,(H,24,31)(H,26,30). The molecule has 0 bridgehead atoms. The van der Waals surface area contributed by atoms with Crippen LogP contribution in [0.3, 0.4) is 0 Å². The van der Waals surface area contributed by atoms with Gasteiger partial charge in [-0.15, -0.1) is 0 Å². The fourth-order valence-corrected chi connectivity index (χ4v) is 3.22. The van der Waals surface area contributed by atoms with Gasteiger partial charge < -0.3 is 15.2 Å². The molecule has 0 radical (unpaired) electrons. The molecule has 2 aromatic heterocycles. The van der Waals surface area contributed by atoms with Crippen molar-refractivity contribution >= 4 is 28.7 Å². The van der Waals surface area contributed by atoms with Gasteiger partial charge in [-0.3, -0.25) is 9.59 Å². The van der Waals surface area contributed by atoms with Crippen LogP contribution in [-0.4, -0.2) is 31.1 Å². The molecule has 158 valence electrons. The molecule has 2 aromatic carbocycles. The summed E-state index contributed by atoms with van der Waals surface area (Å²) >= 11 is 0. The number of nitrogens with one attached hydrogen (secondary N) is 2. The van der Waals surface area contributed by atoms with Crippen molar-refractivity contribution in [2.75, 3.05) is 5.32 Å². The van der Waals surface area contributed by atoms with Crippen LogP contribution in [0.1, 0.15) is 30.2 Å². The molecule has 0 atom stereocenters. The van der Waals surface area contributed by atoms with Crippen molar-refractivity contribution in [1.82, 2.24) is 24.6 Å². The largest absolute Gasteiger partial charge is 0.343 e. The second kappa shape index (κ2) is 8.43. The van der Waals surface area contributed by atoms with Gasteiger partial charge in [-0.25, -0.2) is 9.67 Å². The summed E-state index contributed by atoms with van der Waals surface area (Å²) in [5.74, 6) is 0.489. The molecule has 0 aliphatic heterocycles. The third kappa shape index (κ3) is 4.18. The third-order valence-electron chi connectivity index (χ3n) is 5.01. The highest BCUT2D eigenvalue weighted by molar-refractivity contribution is 5.96. The number of amides is 2.